The molecule has 1 aliphatic heterocycles. The lowest BCUT2D eigenvalue weighted by Gasteiger charge is -2.34. The van der Waals surface area contributed by atoms with Crippen LogP contribution in [0.4, 0.5) is 0 Å². The monoisotopic (exact) mass is 384 g/mol. The Morgan fingerprint density at radius 1 is 1.04 bits per heavy atom. The van der Waals surface area contributed by atoms with Crippen LogP contribution >= 0.6 is 0 Å². The Morgan fingerprint density at radius 2 is 1.68 bits per heavy atom. The molecule has 0 aromatic heterocycles. The van der Waals surface area contributed by atoms with Gasteiger partial charge in [0.25, 0.3) is 0 Å². The molecule has 0 N–H and O–H groups in total. The Labute approximate surface area is 168 Å². The molecule has 2 amide bonds. The van der Waals surface area contributed by atoms with Crippen LogP contribution in [0.3, 0.4) is 0 Å². The van der Waals surface area contributed by atoms with Crippen molar-refractivity contribution < 1.29 is 14.3 Å². The molecule has 0 unspecified atom stereocenters. The lowest BCUT2D eigenvalue weighted by Crippen LogP contribution is -2.50. The Bertz CT molecular complexity index is 670. The van der Waals surface area contributed by atoms with Gasteiger partial charge in [0.15, 0.2) is 0 Å². The van der Waals surface area contributed by atoms with E-state index in [1.54, 1.807) is 6.08 Å². The Kier molecular flexibility index (Phi) is 7.52. The van der Waals surface area contributed by atoms with Gasteiger partial charge in [-0.05, 0) is 49.0 Å². The number of carbonyl (C=O) groups is 2. The van der Waals surface area contributed by atoms with Crippen molar-refractivity contribution in [1.29, 1.82) is 0 Å². The third kappa shape index (κ3) is 5.85. The molecule has 152 valence electrons. The van der Waals surface area contributed by atoms with Crippen LogP contribution in [-0.4, -0.2) is 54.4 Å². The molecule has 2 aliphatic rings. The highest BCUT2D eigenvalue weighted by atomic mass is 16.5. The van der Waals surface area contributed by atoms with E-state index >= 15 is 0 Å². The van der Waals surface area contributed by atoms with Crippen LogP contribution in [0.25, 0.3) is 6.08 Å². The number of ether oxygens (including phenoxy) is 1. The molecule has 2 fully saturated rings. The minimum atomic E-state index is 0.00852. The van der Waals surface area contributed by atoms with E-state index in [-0.39, 0.29) is 11.8 Å². The van der Waals surface area contributed by atoms with Crippen molar-refractivity contribution in [3.63, 3.8) is 0 Å². The normalized spacial score (nSPS) is 18.0. The summed E-state index contributed by atoms with van der Waals surface area (Å²) in [6, 6.07) is 7.76. The van der Waals surface area contributed by atoms with Gasteiger partial charge >= 0.3 is 0 Å². The minimum Gasteiger partial charge on any atom is -0.494 e. The van der Waals surface area contributed by atoms with Gasteiger partial charge in [0.2, 0.25) is 11.8 Å². The first-order valence-electron chi connectivity index (χ1n) is 10.6. The van der Waals surface area contributed by atoms with E-state index in [1.165, 1.54) is 25.7 Å². The Morgan fingerprint density at radius 3 is 2.32 bits per heavy atom. The Balaban J connectivity index is 1.43. The van der Waals surface area contributed by atoms with E-state index in [0.29, 0.717) is 45.1 Å². The summed E-state index contributed by atoms with van der Waals surface area (Å²) in [6.45, 7) is 5.31. The smallest absolute Gasteiger partial charge is 0.246 e. The fourth-order valence-corrected chi connectivity index (χ4v) is 3.93. The zero-order valence-electron chi connectivity index (χ0n) is 16.9. The van der Waals surface area contributed by atoms with Gasteiger partial charge < -0.3 is 14.5 Å². The lowest BCUT2D eigenvalue weighted by molar-refractivity contribution is -0.137. The highest BCUT2D eigenvalue weighted by Crippen LogP contribution is 2.28. The predicted molar refractivity (Wildman–Crippen MR) is 111 cm³/mol. The molecule has 5 heteroatoms. The summed E-state index contributed by atoms with van der Waals surface area (Å²) in [7, 11) is 0. The van der Waals surface area contributed by atoms with Gasteiger partial charge in [0.05, 0.1) is 6.61 Å². The van der Waals surface area contributed by atoms with E-state index in [9.17, 15) is 9.59 Å². The van der Waals surface area contributed by atoms with E-state index in [1.807, 2.05) is 40.1 Å². The number of nitrogens with zero attached hydrogens (tertiary/aromatic N) is 2. The summed E-state index contributed by atoms with van der Waals surface area (Å²) >= 11 is 0. The number of hydrogen-bond donors (Lipinski definition) is 0. The summed E-state index contributed by atoms with van der Waals surface area (Å²) < 4.78 is 5.57. The van der Waals surface area contributed by atoms with Crippen LogP contribution in [-0.2, 0) is 9.59 Å². The van der Waals surface area contributed by atoms with Crippen LogP contribution in [0, 0.1) is 5.92 Å². The van der Waals surface area contributed by atoms with Gasteiger partial charge in [-0.1, -0.05) is 31.9 Å². The minimum absolute atomic E-state index is 0.00852. The fourth-order valence-electron chi connectivity index (χ4n) is 3.93. The van der Waals surface area contributed by atoms with Crippen molar-refractivity contribution in [2.75, 3.05) is 32.8 Å². The van der Waals surface area contributed by atoms with Crippen molar-refractivity contribution >= 4 is 17.9 Å². The molecule has 1 heterocycles. The maximum Gasteiger partial charge on any atom is 0.246 e. The average Bonchev–Trinajstić information content (AvgIpc) is 3.24. The predicted octanol–water partition coefficient (Wildman–Crippen LogP) is 3.74. The maximum absolute atomic E-state index is 12.4. The molecule has 28 heavy (non-hydrogen) atoms. The molecule has 1 saturated heterocycles. The molecule has 0 spiro atoms. The van der Waals surface area contributed by atoms with Gasteiger partial charge in [-0.15, -0.1) is 0 Å². The quantitative estimate of drug-likeness (QED) is 0.673. The van der Waals surface area contributed by atoms with Crippen LogP contribution in [0.1, 0.15) is 51.0 Å². The van der Waals surface area contributed by atoms with Crippen molar-refractivity contribution in [1.82, 2.24) is 9.80 Å². The number of hydrogen-bond acceptors (Lipinski definition) is 3. The molecule has 1 aromatic carbocycles. The van der Waals surface area contributed by atoms with E-state index < -0.39 is 0 Å². The highest BCUT2D eigenvalue weighted by Gasteiger charge is 2.26. The Hall–Kier alpha value is -2.30. The zero-order chi connectivity index (χ0) is 19.8. The van der Waals surface area contributed by atoms with Crippen LogP contribution in [0.2, 0.25) is 0 Å². The average molecular weight is 385 g/mol. The number of amides is 2. The standard InChI is InChI=1S/C23H32N2O3/c1-2-17-28-21-10-7-19(8-11-21)9-12-22(26)24-13-15-25(16-14-24)23(27)18-20-5-3-4-6-20/h7-12,20H,2-6,13-18H2,1H3/b12-9+. The summed E-state index contributed by atoms with van der Waals surface area (Å²) in [6.07, 6.45) is 10.0. The number of carbonyl (C=O) groups excluding carboxylic acids is 2. The van der Waals surface area contributed by atoms with Crippen molar-refractivity contribution in [2.24, 2.45) is 5.92 Å². The van der Waals surface area contributed by atoms with E-state index in [0.717, 1.165) is 17.7 Å². The summed E-state index contributed by atoms with van der Waals surface area (Å²) in [5.41, 5.74) is 0.975. The first kappa shape index (κ1) is 20.4. The zero-order valence-corrected chi connectivity index (χ0v) is 16.9. The first-order chi connectivity index (χ1) is 13.7. The molecule has 0 bridgehead atoms. The molecular weight excluding hydrogens is 352 g/mol. The van der Waals surface area contributed by atoms with Crippen LogP contribution in [0.15, 0.2) is 30.3 Å². The van der Waals surface area contributed by atoms with E-state index in [2.05, 4.69) is 6.92 Å². The summed E-state index contributed by atoms with van der Waals surface area (Å²) in [5, 5.41) is 0. The summed E-state index contributed by atoms with van der Waals surface area (Å²) in [5.74, 6) is 1.70. The lowest BCUT2D eigenvalue weighted by atomic mass is 10.0. The molecule has 0 atom stereocenters. The van der Waals surface area contributed by atoms with Gasteiger partial charge in [-0.3, -0.25) is 9.59 Å². The van der Waals surface area contributed by atoms with Gasteiger partial charge in [-0.25, -0.2) is 0 Å². The molecule has 0 radical (unpaired) electrons. The molecule has 5 nitrogen and oxygen atoms in total. The third-order valence-corrected chi connectivity index (χ3v) is 5.65. The fraction of sp³-hybridized carbons (Fsp3) is 0.565. The third-order valence-electron chi connectivity index (χ3n) is 5.65. The number of rotatable bonds is 7. The molecule has 3 rings (SSSR count). The topological polar surface area (TPSA) is 49.9 Å². The summed E-state index contributed by atoms with van der Waals surface area (Å²) in [4.78, 5) is 28.6. The molecule has 1 aromatic rings. The number of benzene rings is 1. The number of piperazine rings is 1. The van der Waals surface area contributed by atoms with Crippen LogP contribution < -0.4 is 4.74 Å². The molecule has 1 aliphatic carbocycles. The second-order valence-electron chi connectivity index (χ2n) is 7.81. The second-order valence-corrected chi connectivity index (χ2v) is 7.81. The van der Waals surface area contributed by atoms with Gasteiger partial charge in [-0.2, -0.15) is 0 Å². The maximum atomic E-state index is 12.4. The van der Waals surface area contributed by atoms with Crippen molar-refractivity contribution in [3.8, 4) is 5.75 Å². The van der Waals surface area contributed by atoms with Crippen molar-refractivity contribution in [3.05, 3.63) is 35.9 Å². The first-order valence-corrected chi connectivity index (χ1v) is 10.6. The highest BCUT2D eigenvalue weighted by molar-refractivity contribution is 5.92. The van der Waals surface area contributed by atoms with Crippen LogP contribution in [0.5, 0.6) is 5.75 Å². The largest absolute Gasteiger partial charge is 0.494 e. The van der Waals surface area contributed by atoms with Gasteiger partial charge in [0, 0.05) is 38.7 Å². The SMILES string of the molecule is CCCOc1ccc(/C=C/C(=O)N2CCN(C(=O)CC3CCCC3)CC2)cc1. The molecule has 1 saturated carbocycles. The molecular formula is C23H32N2O3. The second kappa shape index (κ2) is 10.3. The van der Waals surface area contributed by atoms with E-state index in [4.69, 9.17) is 4.74 Å². The van der Waals surface area contributed by atoms with Crippen molar-refractivity contribution in [2.45, 2.75) is 45.4 Å². The van der Waals surface area contributed by atoms with Gasteiger partial charge in [0.1, 0.15) is 5.75 Å².